The van der Waals surface area contributed by atoms with Crippen LogP contribution in [0.1, 0.15) is 43.9 Å². The molecule has 0 bridgehead atoms. The monoisotopic (exact) mass is 341 g/mol. The molecule has 0 aromatic carbocycles. The maximum absolute atomic E-state index is 11.8. The van der Waals surface area contributed by atoms with E-state index in [4.69, 9.17) is 4.74 Å². The molecule has 6 nitrogen and oxygen atoms in total. The first-order valence-corrected chi connectivity index (χ1v) is 10.4. The first kappa shape index (κ1) is 16.9. The van der Waals surface area contributed by atoms with Crippen molar-refractivity contribution >= 4 is 9.84 Å². The van der Waals surface area contributed by atoms with Gasteiger partial charge in [0.2, 0.25) is 0 Å². The van der Waals surface area contributed by atoms with Crippen LogP contribution in [0.3, 0.4) is 0 Å². The molecule has 23 heavy (non-hydrogen) atoms. The molecule has 2 heterocycles. The highest BCUT2D eigenvalue weighted by atomic mass is 32.2. The van der Waals surface area contributed by atoms with Crippen molar-refractivity contribution in [2.75, 3.05) is 19.4 Å². The van der Waals surface area contributed by atoms with Crippen LogP contribution >= 0.6 is 0 Å². The number of aryl methyl sites for hydroxylation is 1. The molecule has 1 aliphatic heterocycles. The lowest BCUT2D eigenvalue weighted by atomic mass is 9.93. The minimum Gasteiger partial charge on any atom is -0.372 e. The summed E-state index contributed by atoms with van der Waals surface area (Å²) in [6, 6.07) is 2.32. The predicted octanol–water partition coefficient (Wildman–Crippen LogP) is 1.44. The van der Waals surface area contributed by atoms with Gasteiger partial charge in [-0.25, -0.2) is 8.42 Å². The molecule has 0 spiro atoms. The van der Waals surface area contributed by atoms with E-state index >= 15 is 0 Å². The van der Waals surface area contributed by atoms with Crippen LogP contribution in [0.5, 0.6) is 0 Å². The van der Waals surface area contributed by atoms with Gasteiger partial charge in [0, 0.05) is 44.6 Å². The Balaban J connectivity index is 1.56. The largest absolute Gasteiger partial charge is 0.372 e. The van der Waals surface area contributed by atoms with E-state index in [0.717, 1.165) is 50.9 Å². The van der Waals surface area contributed by atoms with Crippen molar-refractivity contribution in [1.82, 2.24) is 15.1 Å². The molecule has 4 atom stereocenters. The summed E-state index contributed by atoms with van der Waals surface area (Å²) >= 11 is 0. The molecule has 0 amide bonds. The molecule has 130 valence electrons. The molecule has 1 aromatic rings. The van der Waals surface area contributed by atoms with Crippen molar-refractivity contribution < 1.29 is 13.2 Å². The third-order valence-electron chi connectivity index (χ3n) is 5.26. The summed E-state index contributed by atoms with van der Waals surface area (Å²) in [5, 5.41) is 7.66. The Kier molecular flexibility index (Phi) is 5.08. The lowest BCUT2D eigenvalue weighted by molar-refractivity contribution is 0.0828. The molecular weight excluding hydrogens is 314 g/mol. The quantitative estimate of drug-likeness (QED) is 0.877. The predicted molar refractivity (Wildman–Crippen MR) is 88.9 cm³/mol. The van der Waals surface area contributed by atoms with Crippen molar-refractivity contribution in [3.05, 3.63) is 18.0 Å². The minimum atomic E-state index is -2.92. The second kappa shape index (κ2) is 6.91. The molecule has 0 radical (unpaired) electrons. The van der Waals surface area contributed by atoms with Crippen LogP contribution in [0.15, 0.2) is 12.3 Å². The molecule has 1 aliphatic carbocycles. The van der Waals surface area contributed by atoms with Gasteiger partial charge in [0.25, 0.3) is 0 Å². The highest BCUT2D eigenvalue weighted by Gasteiger charge is 2.33. The Morgan fingerprint density at radius 1 is 1.39 bits per heavy atom. The summed E-state index contributed by atoms with van der Waals surface area (Å²) in [6.45, 7) is 1.65. The zero-order valence-electron chi connectivity index (χ0n) is 13.9. The van der Waals surface area contributed by atoms with Crippen molar-refractivity contribution in [3.63, 3.8) is 0 Å². The molecule has 1 saturated carbocycles. The maximum Gasteiger partial charge on any atom is 0.150 e. The summed E-state index contributed by atoms with van der Waals surface area (Å²) in [7, 11) is -0.980. The van der Waals surface area contributed by atoms with Crippen LogP contribution in [0.2, 0.25) is 0 Å². The van der Waals surface area contributed by atoms with E-state index in [9.17, 15) is 8.42 Å². The topological polar surface area (TPSA) is 73.2 Å². The van der Waals surface area contributed by atoms with E-state index < -0.39 is 9.84 Å². The standard InChI is InChI=1S/C16H27N3O3S/c1-19-15(6-8-18-19)16-12(7-9-22-16)11-17-13-4-3-5-14(10-13)23(2,20)21/h6,8,12-14,16-17H,3-5,7,9-11H2,1-2H3/t12-,13-,14+,16+/m0/s1. The van der Waals surface area contributed by atoms with E-state index in [1.165, 1.54) is 6.26 Å². The average molecular weight is 341 g/mol. The van der Waals surface area contributed by atoms with E-state index in [0.29, 0.717) is 12.0 Å². The van der Waals surface area contributed by atoms with Crippen LogP contribution in [-0.4, -0.2) is 48.9 Å². The third kappa shape index (κ3) is 3.95. The Morgan fingerprint density at radius 2 is 2.22 bits per heavy atom. The molecule has 2 fully saturated rings. The van der Waals surface area contributed by atoms with Crippen molar-refractivity contribution in [1.29, 1.82) is 0 Å². The van der Waals surface area contributed by atoms with Gasteiger partial charge in [-0.15, -0.1) is 0 Å². The van der Waals surface area contributed by atoms with Crippen molar-refractivity contribution in [2.45, 2.75) is 49.5 Å². The fourth-order valence-corrected chi connectivity index (χ4v) is 5.05. The number of ether oxygens (including phenoxy) is 1. The smallest absolute Gasteiger partial charge is 0.150 e. The minimum absolute atomic E-state index is 0.0873. The summed E-state index contributed by atoms with van der Waals surface area (Å²) in [5.41, 5.74) is 1.12. The zero-order valence-corrected chi connectivity index (χ0v) is 14.8. The SMILES string of the molecule is Cn1nccc1[C@@H]1OCC[C@H]1CN[C@H]1CCC[C@@H](S(C)(=O)=O)C1. The highest BCUT2D eigenvalue weighted by molar-refractivity contribution is 7.91. The highest BCUT2D eigenvalue weighted by Crippen LogP contribution is 2.34. The first-order valence-electron chi connectivity index (χ1n) is 8.47. The molecule has 1 N–H and O–H groups in total. The normalized spacial score (nSPS) is 32.3. The average Bonchev–Trinajstić information content (AvgIpc) is 3.12. The molecule has 7 heteroatoms. The molecule has 3 rings (SSSR count). The number of nitrogens with one attached hydrogen (secondary N) is 1. The van der Waals surface area contributed by atoms with Crippen LogP contribution in [0, 0.1) is 5.92 Å². The van der Waals surface area contributed by atoms with Crippen molar-refractivity contribution in [2.24, 2.45) is 13.0 Å². The molecule has 1 saturated heterocycles. The second-order valence-corrected chi connectivity index (χ2v) is 9.27. The van der Waals surface area contributed by atoms with Gasteiger partial charge in [-0.3, -0.25) is 4.68 Å². The third-order valence-corrected chi connectivity index (χ3v) is 6.90. The van der Waals surface area contributed by atoms with E-state index in [2.05, 4.69) is 10.4 Å². The van der Waals surface area contributed by atoms with E-state index in [-0.39, 0.29) is 11.4 Å². The van der Waals surface area contributed by atoms with E-state index in [1.807, 2.05) is 17.8 Å². The Bertz CT molecular complexity index is 628. The molecule has 0 unspecified atom stereocenters. The second-order valence-electron chi connectivity index (χ2n) is 6.94. The van der Waals surface area contributed by atoms with Gasteiger partial charge in [-0.05, 0) is 31.7 Å². The number of nitrogens with zero attached hydrogens (tertiary/aromatic N) is 2. The van der Waals surface area contributed by atoms with Crippen LogP contribution in [0.25, 0.3) is 0 Å². The van der Waals surface area contributed by atoms with Gasteiger partial charge in [0.05, 0.1) is 10.9 Å². The summed E-state index contributed by atoms with van der Waals surface area (Å²) in [4.78, 5) is 0. The Hall–Kier alpha value is -0.920. The number of rotatable bonds is 5. The number of hydrogen-bond donors (Lipinski definition) is 1. The lowest BCUT2D eigenvalue weighted by Gasteiger charge is -2.30. The Labute approximate surface area is 138 Å². The molecule has 1 aromatic heterocycles. The molecular formula is C16H27N3O3S. The zero-order chi connectivity index (χ0) is 16.4. The lowest BCUT2D eigenvalue weighted by Crippen LogP contribution is -2.41. The number of aromatic nitrogens is 2. The summed E-state index contributed by atoms with van der Waals surface area (Å²) in [5.74, 6) is 0.420. The Morgan fingerprint density at radius 3 is 2.91 bits per heavy atom. The summed E-state index contributed by atoms with van der Waals surface area (Å²) in [6.07, 6.45) is 7.89. The first-order chi connectivity index (χ1) is 10.9. The van der Waals surface area contributed by atoms with Crippen LogP contribution < -0.4 is 5.32 Å². The van der Waals surface area contributed by atoms with Gasteiger partial charge in [-0.2, -0.15) is 5.10 Å². The van der Waals surface area contributed by atoms with E-state index in [1.54, 1.807) is 6.20 Å². The summed E-state index contributed by atoms with van der Waals surface area (Å²) < 4.78 is 31.3. The fraction of sp³-hybridized carbons (Fsp3) is 0.812. The van der Waals surface area contributed by atoms with Crippen LogP contribution in [-0.2, 0) is 21.6 Å². The van der Waals surface area contributed by atoms with Crippen molar-refractivity contribution in [3.8, 4) is 0 Å². The van der Waals surface area contributed by atoms with Gasteiger partial charge in [-0.1, -0.05) is 6.42 Å². The maximum atomic E-state index is 11.8. The van der Waals surface area contributed by atoms with Gasteiger partial charge < -0.3 is 10.1 Å². The van der Waals surface area contributed by atoms with Crippen LogP contribution in [0.4, 0.5) is 0 Å². The molecule has 2 aliphatic rings. The van der Waals surface area contributed by atoms with Gasteiger partial charge in [0.15, 0.2) is 0 Å². The van der Waals surface area contributed by atoms with Gasteiger partial charge in [0.1, 0.15) is 15.9 Å². The number of sulfone groups is 1. The number of hydrogen-bond acceptors (Lipinski definition) is 5. The fourth-order valence-electron chi connectivity index (χ4n) is 3.87. The van der Waals surface area contributed by atoms with Gasteiger partial charge >= 0.3 is 0 Å².